The molecule has 1 aliphatic heterocycles. The van der Waals surface area contributed by atoms with Gasteiger partial charge in [-0.2, -0.15) is 0 Å². The van der Waals surface area contributed by atoms with Gasteiger partial charge < -0.3 is 10.1 Å². The molecule has 4 aromatic rings. The third-order valence-corrected chi connectivity index (χ3v) is 6.31. The van der Waals surface area contributed by atoms with Crippen LogP contribution in [0.2, 0.25) is 0 Å². The SMILES string of the molecule is O=c1cc(OCc2ccccc2)ccn1-c1ccc2c3c(sc2c1)CNCC3. The van der Waals surface area contributed by atoms with Crippen molar-refractivity contribution in [3.05, 3.63) is 93.2 Å². The van der Waals surface area contributed by atoms with Crippen molar-refractivity contribution in [2.24, 2.45) is 0 Å². The Morgan fingerprint density at radius 2 is 1.96 bits per heavy atom. The first-order valence-electron chi connectivity index (χ1n) is 9.43. The Hall–Kier alpha value is -2.89. The topological polar surface area (TPSA) is 43.3 Å². The molecule has 28 heavy (non-hydrogen) atoms. The molecular weight excluding hydrogens is 368 g/mol. The normalized spacial score (nSPS) is 13.4. The lowest BCUT2D eigenvalue weighted by molar-refractivity contribution is 0.305. The molecule has 0 unspecified atom stereocenters. The van der Waals surface area contributed by atoms with Crippen LogP contribution in [0, 0.1) is 0 Å². The van der Waals surface area contributed by atoms with Crippen LogP contribution in [0.4, 0.5) is 0 Å². The smallest absolute Gasteiger partial charge is 0.258 e. The van der Waals surface area contributed by atoms with Crippen molar-refractivity contribution in [3.8, 4) is 11.4 Å². The number of aromatic nitrogens is 1. The summed E-state index contributed by atoms with van der Waals surface area (Å²) >= 11 is 1.82. The van der Waals surface area contributed by atoms with Crippen LogP contribution in [-0.2, 0) is 19.6 Å². The zero-order chi connectivity index (χ0) is 18.9. The van der Waals surface area contributed by atoms with Crippen LogP contribution in [0.1, 0.15) is 16.0 Å². The number of fused-ring (bicyclic) bond motifs is 3. The Labute approximate surface area is 167 Å². The van der Waals surface area contributed by atoms with Crippen molar-refractivity contribution in [2.75, 3.05) is 6.54 Å². The quantitative estimate of drug-likeness (QED) is 0.568. The lowest BCUT2D eigenvalue weighted by atomic mass is 10.0. The summed E-state index contributed by atoms with van der Waals surface area (Å²) in [6.45, 7) is 2.42. The van der Waals surface area contributed by atoms with E-state index in [0.29, 0.717) is 12.4 Å². The van der Waals surface area contributed by atoms with Gasteiger partial charge in [0.15, 0.2) is 0 Å². The molecule has 0 spiro atoms. The monoisotopic (exact) mass is 388 g/mol. The van der Waals surface area contributed by atoms with Gasteiger partial charge in [-0.3, -0.25) is 9.36 Å². The van der Waals surface area contributed by atoms with Crippen LogP contribution < -0.4 is 15.6 Å². The molecule has 0 fully saturated rings. The lowest BCUT2D eigenvalue weighted by Crippen LogP contribution is -2.21. The first-order chi connectivity index (χ1) is 13.8. The van der Waals surface area contributed by atoms with Crippen LogP contribution in [0.5, 0.6) is 5.75 Å². The van der Waals surface area contributed by atoms with Gasteiger partial charge in [-0.15, -0.1) is 11.3 Å². The molecule has 140 valence electrons. The first-order valence-corrected chi connectivity index (χ1v) is 10.2. The Balaban J connectivity index is 1.42. The average Bonchev–Trinajstić information content (AvgIpc) is 3.11. The van der Waals surface area contributed by atoms with Gasteiger partial charge in [0.1, 0.15) is 12.4 Å². The molecule has 0 bridgehead atoms. The van der Waals surface area contributed by atoms with E-state index in [1.807, 2.05) is 53.8 Å². The van der Waals surface area contributed by atoms with E-state index in [9.17, 15) is 4.79 Å². The minimum absolute atomic E-state index is 0.0899. The number of hydrogen-bond acceptors (Lipinski definition) is 4. The highest BCUT2D eigenvalue weighted by Gasteiger charge is 2.16. The molecule has 0 aliphatic carbocycles. The van der Waals surface area contributed by atoms with Crippen molar-refractivity contribution in [1.82, 2.24) is 9.88 Å². The second-order valence-corrected chi connectivity index (χ2v) is 8.09. The van der Waals surface area contributed by atoms with E-state index in [0.717, 1.165) is 30.8 Å². The predicted molar refractivity (Wildman–Crippen MR) is 114 cm³/mol. The van der Waals surface area contributed by atoms with Crippen LogP contribution >= 0.6 is 11.3 Å². The maximum absolute atomic E-state index is 12.7. The van der Waals surface area contributed by atoms with E-state index in [2.05, 4.69) is 17.4 Å². The zero-order valence-electron chi connectivity index (χ0n) is 15.4. The highest BCUT2D eigenvalue weighted by Crippen LogP contribution is 2.34. The van der Waals surface area contributed by atoms with E-state index in [1.165, 1.54) is 20.5 Å². The Bertz CT molecular complexity index is 1190. The average molecular weight is 388 g/mol. The number of benzene rings is 2. The van der Waals surface area contributed by atoms with Crippen molar-refractivity contribution in [1.29, 1.82) is 0 Å². The number of ether oxygens (including phenoxy) is 1. The predicted octanol–water partition coefficient (Wildman–Crippen LogP) is 4.28. The van der Waals surface area contributed by atoms with Crippen molar-refractivity contribution >= 4 is 21.4 Å². The van der Waals surface area contributed by atoms with Gasteiger partial charge >= 0.3 is 0 Å². The van der Waals surface area contributed by atoms with Gasteiger partial charge in [-0.05, 0) is 47.7 Å². The van der Waals surface area contributed by atoms with Gasteiger partial charge in [-0.25, -0.2) is 0 Å². The van der Waals surface area contributed by atoms with Crippen molar-refractivity contribution < 1.29 is 4.74 Å². The lowest BCUT2D eigenvalue weighted by Gasteiger charge is -2.12. The zero-order valence-corrected chi connectivity index (χ0v) is 16.2. The van der Waals surface area contributed by atoms with E-state index < -0.39 is 0 Å². The summed E-state index contributed by atoms with van der Waals surface area (Å²) in [6.07, 6.45) is 2.86. The minimum Gasteiger partial charge on any atom is -0.489 e. The fourth-order valence-electron chi connectivity index (χ4n) is 3.68. The van der Waals surface area contributed by atoms with Crippen LogP contribution in [0.15, 0.2) is 71.7 Å². The van der Waals surface area contributed by atoms with E-state index in [-0.39, 0.29) is 5.56 Å². The first kappa shape index (κ1) is 17.2. The molecule has 0 atom stereocenters. The fourth-order valence-corrected chi connectivity index (χ4v) is 4.93. The second-order valence-electron chi connectivity index (χ2n) is 6.96. The summed E-state index contributed by atoms with van der Waals surface area (Å²) in [6, 6.07) is 19.6. The largest absolute Gasteiger partial charge is 0.489 e. The summed E-state index contributed by atoms with van der Waals surface area (Å²) in [5.74, 6) is 0.587. The van der Waals surface area contributed by atoms with Gasteiger partial charge in [0.25, 0.3) is 5.56 Å². The Morgan fingerprint density at radius 1 is 1.07 bits per heavy atom. The maximum atomic E-state index is 12.7. The summed E-state index contributed by atoms with van der Waals surface area (Å²) in [5.41, 5.74) is 3.34. The van der Waals surface area contributed by atoms with Gasteiger partial charge in [0, 0.05) is 28.4 Å². The molecular formula is C23H20N2O2S. The molecule has 3 heterocycles. The number of pyridine rings is 1. The maximum Gasteiger partial charge on any atom is 0.258 e. The Kier molecular flexibility index (Phi) is 4.47. The van der Waals surface area contributed by atoms with Gasteiger partial charge in [0.05, 0.1) is 5.69 Å². The van der Waals surface area contributed by atoms with E-state index >= 15 is 0 Å². The number of rotatable bonds is 4. The molecule has 0 saturated heterocycles. The third-order valence-electron chi connectivity index (χ3n) is 5.11. The number of thiophene rings is 1. The third kappa shape index (κ3) is 3.23. The molecule has 5 rings (SSSR count). The summed E-state index contributed by atoms with van der Waals surface area (Å²) in [4.78, 5) is 14.1. The fraction of sp³-hybridized carbons (Fsp3) is 0.174. The second kappa shape index (κ2) is 7.26. The number of nitrogens with one attached hydrogen (secondary N) is 1. The van der Waals surface area contributed by atoms with Crippen molar-refractivity contribution in [2.45, 2.75) is 19.6 Å². The highest BCUT2D eigenvalue weighted by molar-refractivity contribution is 7.19. The molecule has 2 aromatic heterocycles. The summed E-state index contributed by atoms with van der Waals surface area (Å²) in [5, 5.41) is 4.75. The van der Waals surface area contributed by atoms with Crippen LogP contribution in [-0.4, -0.2) is 11.1 Å². The standard InChI is InChI=1S/C23H20N2O2S/c26-23-13-18(27-15-16-4-2-1-3-5-16)9-11-25(23)17-6-7-19-20-8-10-24-14-22(20)28-21(19)12-17/h1-7,9,11-13,24H,8,10,14-15H2. The van der Waals surface area contributed by atoms with E-state index in [1.54, 1.807) is 16.8 Å². The molecule has 2 aromatic carbocycles. The van der Waals surface area contributed by atoms with E-state index in [4.69, 9.17) is 4.74 Å². The summed E-state index contributed by atoms with van der Waals surface area (Å²) < 4.78 is 8.68. The molecule has 1 N–H and O–H groups in total. The molecule has 4 nitrogen and oxygen atoms in total. The number of hydrogen-bond donors (Lipinski definition) is 1. The highest BCUT2D eigenvalue weighted by atomic mass is 32.1. The van der Waals surface area contributed by atoms with Crippen LogP contribution in [0.3, 0.4) is 0 Å². The van der Waals surface area contributed by atoms with Crippen molar-refractivity contribution in [3.63, 3.8) is 0 Å². The number of nitrogens with zero attached hydrogens (tertiary/aromatic N) is 1. The van der Waals surface area contributed by atoms with Crippen LogP contribution in [0.25, 0.3) is 15.8 Å². The van der Waals surface area contributed by atoms with Gasteiger partial charge in [0.2, 0.25) is 0 Å². The van der Waals surface area contributed by atoms with Gasteiger partial charge in [-0.1, -0.05) is 36.4 Å². The minimum atomic E-state index is -0.0899. The molecule has 5 heteroatoms. The molecule has 1 aliphatic rings. The molecule has 0 radical (unpaired) electrons. The Morgan fingerprint density at radius 3 is 2.82 bits per heavy atom. The summed E-state index contributed by atoms with van der Waals surface area (Å²) in [7, 11) is 0. The molecule has 0 saturated carbocycles. The molecule has 0 amide bonds.